The Balaban J connectivity index is 1.98. The molecule has 0 saturated carbocycles. The van der Waals surface area contributed by atoms with Crippen LogP contribution in [0, 0.1) is 11.8 Å². The first-order valence-electron chi connectivity index (χ1n) is 7.60. The average molecular weight is 392 g/mol. The standard InChI is InChI=1S/C15H18F6O3S/c1-7(2)12(22)24-6-9-4-10-8(3-11(9)25-10)5-13(23,14(16,17)18)15(19,20)21/h8-11,23H,1,3-6H2,2H3. The summed E-state index contributed by atoms with van der Waals surface area (Å²) in [6, 6.07) is 0. The largest absolute Gasteiger partial charge is 0.462 e. The molecule has 144 valence electrons. The number of esters is 1. The third-order valence-electron chi connectivity index (χ3n) is 4.74. The summed E-state index contributed by atoms with van der Waals surface area (Å²) in [4.78, 5) is 11.4. The van der Waals surface area contributed by atoms with Crippen LogP contribution in [0.15, 0.2) is 12.2 Å². The number of carbonyl (C=O) groups is 1. The molecule has 3 nitrogen and oxygen atoms in total. The molecule has 2 saturated heterocycles. The van der Waals surface area contributed by atoms with Gasteiger partial charge in [-0.2, -0.15) is 38.1 Å². The second-order valence-electron chi connectivity index (χ2n) is 6.64. The van der Waals surface area contributed by atoms with Gasteiger partial charge in [0.25, 0.3) is 5.60 Å². The number of alkyl halides is 6. The Labute approximate surface area is 144 Å². The fourth-order valence-electron chi connectivity index (χ4n) is 3.31. The van der Waals surface area contributed by atoms with Crippen molar-refractivity contribution in [1.82, 2.24) is 0 Å². The molecule has 4 unspecified atom stereocenters. The van der Waals surface area contributed by atoms with E-state index < -0.39 is 41.5 Å². The molecule has 0 spiro atoms. The maximum absolute atomic E-state index is 12.8. The van der Waals surface area contributed by atoms with Gasteiger partial charge in [-0.1, -0.05) is 6.58 Å². The quantitative estimate of drug-likeness (QED) is 0.439. The van der Waals surface area contributed by atoms with E-state index in [0.717, 1.165) is 0 Å². The van der Waals surface area contributed by atoms with Gasteiger partial charge in [-0.25, -0.2) is 4.79 Å². The predicted molar refractivity (Wildman–Crippen MR) is 78.8 cm³/mol. The van der Waals surface area contributed by atoms with Gasteiger partial charge < -0.3 is 9.84 Å². The molecule has 10 heteroatoms. The van der Waals surface area contributed by atoms with Crippen LogP contribution < -0.4 is 0 Å². The maximum atomic E-state index is 12.8. The Morgan fingerprint density at radius 2 is 1.60 bits per heavy atom. The van der Waals surface area contributed by atoms with Crippen molar-refractivity contribution >= 4 is 17.7 Å². The number of halogens is 6. The van der Waals surface area contributed by atoms with Crippen LogP contribution in [-0.2, 0) is 9.53 Å². The van der Waals surface area contributed by atoms with E-state index in [-0.39, 0.29) is 29.8 Å². The van der Waals surface area contributed by atoms with E-state index in [4.69, 9.17) is 4.74 Å². The minimum atomic E-state index is -5.78. The summed E-state index contributed by atoms with van der Waals surface area (Å²) in [5.41, 5.74) is -4.48. The lowest BCUT2D eigenvalue weighted by molar-refractivity contribution is -0.372. The second kappa shape index (κ2) is 6.68. The summed E-state index contributed by atoms with van der Waals surface area (Å²) in [5, 5.41) is 8.73. The Morgan fingerprint density at radius 3 is 2.00 bits per heavy atom. The smallest absolute Gasteiger partial charge is 0.426 e. The van der Waals surface area contributed by atoms with Gasteiger partial charge in [-0.3, -0.25) is 0 Å². The van der Waals surface area contributed by atoms with Gasteiger partial charge in [-0.05, 0) is 32.1 Å². The van der Waals surface area contributed by atoms with Crippen molar-refractivity contribution in [1.29, 1.82) is 0 Å². The fourth-order valence-corrected chi connectivity index (χ4v) is 5.32. The Hall–Kier alpha value is -0.900. The van der Waals surface area contributed by atoms with Crippen molar-refractivity contribution in [2.45, 2.75) is 54.6 Å². The lowest BCUT2D eigenvalue weighted by atomic mass is 9.76. The first kappa shape index (κ1) is 20.4. The fraction of sp³-hybridized carbons (Fsp3) is 0.800. The van der Waals surface area contributed by atoms with Gasteiger partial charge in [-0.15, -0.1) is 0 Å². The van der Waals surface area contributed by atoms with Crippen molar-refractivity contribution in [3.63, 3.8) is 0 Å². The van der Waals surface area contributed by atoms with E-state index in [0.29, 0.717) is 6.42 Å². The minimum Gasteiger partial charge on any atom is -0.462 e. The highest BCUT2D eigenvalue weighted by Gasteiger charge is 2.71. The van der Waals surface area contributed by atoms with Crippen molar-refractivity contribution < 1.29 is 41.0 Å². The van der Waals surface area contributed by atoms with Gasteiger partial charge >= 0.3 is 18.3 Å². The van der Waals surface area contributed by atoms with Crippen LogP contribution in [0.5, 0.6) is 0 Å². The van der Waals surface area contributed by atoms with E-state index in [9.17, 15) is 36.2 Å². The maximum Gasteiger partial charge on any atom is 0.426 e. The van der Waals surface area contributed by atoms with E-state index in [1.54, 1.807) is 0 Å². The summed E-state index contributed by atoms with van der Waals surface area (Å²) in [6.45, 7) is 4.97. The highest BCUT2D eigenvalue weighted by molar-refractivity contribution is 8.01. The Morgan fingerprint density at radius 1 is 1.12 bits per heavy atom. The molecule has 2 aliphatic rings. The number of hydrogen-bond acceptors (Lipinski definition) is 4. The molecule has 0 aliphatic carbocycles. The van der Waals surface area contributed by atoms with Crippen molar-refractivity contribution in [2.75, 3.05) is 6.61 Å². The summed E-state index contributed by atoms with van der Waals surface area (Å²) >= 11 is 1.31. The van der Waals surface area contributed by atoms with Gasteiger partial charge in [0.2, 0.25) is 0 Å². The zero-order valence-corrected chi connectivity index (χ0v) is 14.1. The van der Waals surface area contributed by atoms with E-state index in [2.05, 4.69) is 6.58 Å². The molecule has 0 aromatic heterocycles. The first-order valence-corrected chi connectivity index (χ1v) is 8.54. The van der Waals surface area contributed by atoms with Crippen LogP contribution in [0.4, 0.5) is 26.3 Å². The first-order chi connectivity index (χ1) is 11.3. The molecule has 0 radical (unpaired) electrons. The van der Waals surface area contributed by atoms with Gasteiger partial charge in [0.05, 0.1) is 6.61 Å². The highest BCUT2D eigenvalue weighted by Crippen LogP contribution is 2.57. The molecule has 2 rings (SSSR count). The number of thioether (sulfide) groups is 1. The molecule has 1 N–H and O–H groups in total. The van der Waals surface area contributed by atoms with Crippen LogP contribution in [0.3, 0.4) is 0 Å². The van der Waals surface area contributed by atoms with Gasteiger partial charge in [0, 0.05) is 22.0 Å². The van der Waals surface area contributed by atoms with Gasteiger partial charge in [0.1, 0.15) is 0 Å². The Kier molecular flexibility index (Phi) is 5.45. The second-order valence-corrected chi connectivity index (χ2v) is 8.13. The third-order valence-corrected chi connectivity index (χ3v) is 6.60. The zero-order valence-electron chi connectivity index (χ0n) is 13.3. The average Bonchev–Trinajstić information content (AvgIpc) is 3.01. The van der Waals surface area contributed by atoms with E-state index in [1.165, 1.54) is 18.7 Å². The normalized spacial score (nSPS) is 29.8. The van der Waals surface area contributed by atoms with Crippen LogP contribution in [-0.4, -0.2) is 46.1 Å². The SMILES string of the molecule is C=C(C)C(=O)OCC1CC2SC1CC2CC(O)(C(F)(F)F)C(F)(F)F. The summed E-state index contributed by atoms with van der Waals surface area (Å²) in [7, 11) is 0. The molecule has 25 heavy (non-hydrogen) atoms. The lowest BCUT2D eigenvalue weighted by Crippen LogP contribution is -2.58. The molecule has 2 bridgehead atoms. The third kappa shape index (κ3) is 3.94. The van der Waals surface area contributed by atoms with Crippen molar-refractivity contribution in [3.05, 3.63) is 12.2 Å². The molecule has 2 fully saturated rings. The van der Waals surface area contributed by atoms with Crippen molar-refractivity contribution in [3.8, 4) is 0 Å². The Bertz CT molecular complexity index is 530. The number of fused-ring (bicyclic) bond motifs is 2. The number of carbonyl (C=O) groups excluding carboxylic acids is 1. The summed E-state index contributed by atoms with van der Waals surface area (Å²) in [5.74, 6) is -1.58. The van der Waals surface area contributed by atoms with Gasteiger partial charge in [0.15, 0.2) is 0 Å². The number of hydrogen-bond donors (Lipinski definition) is 1. The van der Waals surface area contributed by atoms with Crippen LogP contribution in [0.1, 0.15) is 26.2 Å². The summed E-state index contributed by atoms with van der Waals surface area (Å²) < 4.78 is 81.9. The minimum absolute atomic E-state index is 0.0649. The lowest BCUT2D eigenvalue weighted by Gasteiger charge is -2.36. The van der Waals surface area contributed by atoms with Crippen LogP contribution in [0.2, 0.25) is 0 Å². The van der Waals surface area contributed by atoms with E-state index >= 15 is 0 Å². The molecule has 2 aliphatic heterocycles. The van der Waals surface area contributed by atoms with E-state index in [1.807, 2.05) is 0 Å². The topological polar surface area (TPSA) is 46.5 Å². The summed E-state index contributed by atoms with van der Waals surface area (Å²) in [6.07, 6.45) is -12.5. The van der Waals surface area contributed by atoms with Crippen LogP contribution >= 0.6 is 11.8 Å². The molecule has 4 atom stereocenters. The molecule has 2 heterocycles. The molecule has 0 aromatic rings. The number of aliphatic hydroxyl groups is 1. The molecular formula is C15H18F6O3S. The number of rotatable bonds is 5. The monoisotopic (exact) mass is 392 g/mol. The molecular weight excluding hydrogens is 374 g/mol. The zero-order chi connectivity index (χ0) is 19.2. The molecule has 0 amide bonds. The highest BCUT2D eigenvalue weighted by atomic mass is 32.2. The van der Waals surface area contributed by atoms with Crippen molar-refractivity contribution in [2.24, 2.45) is 11.8 Å². The van der Waals surface area contributed by atoms with Crippen LogP contribution in [0.25, 0.3) is 0 Å². The number of ether oxygens (including phenoxy) is 1. The predicted octanol–water partition coefficient (Wildman–Crippen LogP) is 3.86. The molecule has 0 aromatic carbocycles.